The number of rotatable bonds is 16. The second-order valence-corrected chi connectivity index (χ2v) is 9.74. The van der Waals surface area contributed by atoms with Gasteiger partial charge in [-0.2, -0.15) is 11.8 Å². The van der Waals surface area contributed by atoms with E-state index in [0.29, 0.717) is 17.7 Å². The van der Waals surface area contributed by atoms with Gasteiger partial charge in [0.1, 0.15) is 23.9 Å². The molecule has 13 heteroatoms. The molecule has 0 fully saturated rings. The topological polar surface area (TPSA) is 214 Å². The lowest BCUT2D eigenvalue weighted by atomic mass is 9.98. The van der Waals surface area contributed by atoms with Crippen LogP contribution in [0.1, 0.15) is 38.7 Å². The Kier molecular flexibility index (Phi) is 13.5. The first-order chi connectivity index (χ1) is 17.4. The van der Waals surface area contributed by atoms with Gasteiger partial charge in [-0.15, -0.1) is 0 Å². The average molecular weight is 540 g/mol. The highest BCUT2D eigenvalue weighted by Gasteiger charge is 2.31. The van der Waals surface area contributed by atoms with Crippen LogP contribution in [0.2, 0.25) is 0 Å². The van der Waals surface area contributed by atoms with Crippen LogP contribution in [-0.4, -0.2) is 76.0 Å². The van der Waals surface area contributed by atoms with Gasteiger partial charge in [0.2, 0.25) is 23.6 Å². The van der Waals surface area contributed by atoms with Crippen molar-refractivity contribution in [3.8, 4) is 5.75 Å². The number of nitrogens with two attached hydrogens (primary N) is 2. The maximum absolute atomic E-state index is 13.3. The van der Waals surface area contributed by atoms with E-state index in [1.165, 1.54) is 23.9 Å². The molecule has 5 unspecified atom stereocenters. The number of primary amides is 1. The molecular formula is C24H37N5O7S. The minimum absolute atomic E-state index is 0.0327. The molecule has 1 aromatic carbocycles. The van der Waals surface area contributed by atoms with Crippen LogP contribution in [0, 0.1) is 5.92 Å². The van der Waals surface area contributed by atoms with E-state index in [2.05, 4.69) is 16.0 Å². The lowest BCUT2D eigenvalue weighted by Crippen LogP contribution is -2.58. The highest BCUT2D eigenvalue weighted by molar-refractivity contribution is 7.98. The number of aliphatic carboxylic acids is 1. The number of amides is 4. The van der Waals surface area contributed by atoms with Crippen molar-refractivity contribution < 1.29 is 34.2 Å². The number of carboxylic acids is 1. The lowest BCUT2D eigenvalue weighted by Gasteiger charge is -2.26. The second kappa shape index (κ2) is 15.7. The zero-order chi connectivity index (χ0) is 28.1. The molecule has 1 aromatic rings. The van der Waals surface area contributed by atoms with E-state index in [1.54, 1.807) is 18.4 Å². The molecule has 9 N–H and O–H groups in total. The molecule has 5 atom stereocenters. The standard InChI is InChI=1S/C24H37N5O7S/c1-4-13(2)20(26)23(34)28-17(11-14-5-7-15(30)8-6-14)22(33)27-16(9-10-37-3)21(32)29-18(24(35)36)12-19(25)31/h5-8,13,16-18,20,30H,4,9-12,26H2,1-3H3,(H2,25,31)(H,27,33)(H,28,34)(H,29,32)(H,35,36). The van der Waals surface area contributed by atoms with Crippen molar-refractivity contribution in [3.63, 3.8) is 0 Å². The third-order valence-electron chi connectivity index (χ3n) is 5.83. The average Bonchev–Trinajstić information content (AvgIpc) is 2.85. The summed E-state index contributed by atoms with van der Waals surface area (Å²) in [7, 11) is 0. The largest absolute Gasteiger partial charge is 0.508 e. The van der Waals surface area contributed by atoms with E-state index in [4.69, 9.17) is 11.5 Å². The summed E-state index contributed by atoms with van der Waals surface area (Å²) in [5, 5.41) is 26.3. The summed E-state index contributed by atoms with van der Waals surface area (Å²) in [5.74, 6) is -4.03. The summed E-state index contributed by atoms with van der Waals surface area (Å²) in [6.45, 7) is 3.70. The summed E-state index contributed by atoms with van der Waals surface area (Å²) < 4.78 is 0. The van der Waals surface area contributed by atoms with E-state index < -0.39 is 60.2 Å². The van der Waals surface area contributed by atoms with Crippen LogP contribution in [0.5, 0.6) is 5.75 Å². The molecule has 1 rings (SSSR count). The molecule has 206 valence electrons. The van der Waals surface area contributed by atoms with Crippen molar-refractivity contribution in [2.45, 2.75) is 63.7 Å². The second-order valence-electron chi connectivity index (χ2n) is 8.76. The predicted octanol–water partition coefficient (Wildman–Crippen LogP) is -0.524. The van der Waals surface area contributed by atoms with Crippen molar-refractivity contribution in [3.05, 3.63) is 29.8 Å². The van der Waals surface area contributed by atoms with Crippen LogP contribution in [0.4, 0.5) is 0 Å². The summed E-state index contributed by atoms with van der Waals surface area (Å²) in [6.07, 6.45) is 2.04. The molecule has 37 heavy (non-hydrogen) atoms. The predicted molar refractivity (Wildman–Crippen MR) is 139 cm³/mol. The number of nitrogens with one attached hydrogen (secondary N) is 3. The van der Waals surface area contributed by atoms with Gasteiger partial charge in [0, 0.05) is 6.42 Å². The van der Waals surface area contributed by atoms with E-state index >= 15 is 0 Å². The van der Waals surface area contributed by atoms with Gasteiger partial charge in [0.05, 0.1) is 12.5 Å². The summed E-state index contributed by atoms with van der Waals surface area (Å²) >= 11 is 1.41. The summed E-state index contributed by atoms with van der Waals surface area (Å²) in [4.78, 5) is 61.6. The fourth-order valence-corrected chi connectivity index (χ4v) is 3.78. The van der Waals surface area contributed by atoms with Crippen LogP contribution < -0.4 is 27.4 Å². The fourth-order valence-electron chi connectivity index (χ4n) is 3.31. The third kappa shape index (κ3) is 11.1. The maximum atomic E-state index is 13.3. The molecule has 0 saturated heterocycles. The Morgan fingerprint density at radius 1 is 0.946 bits per heavy atom. The zero-order valence-electron chi connectivity index (χ0n) is 21.2. The van der Waals surface area contributed by atoms with Gasteiger partial charge in [-0.3, -0.25) is 19.2 Å². The first-order valence-electron chi connectivity index (χ1n) is 11.8. The Hall–Kier alpha value is -3.32. The molecule has 0 aromatic heterocycles. The SMILES string of the molecule is CCC(C)C(N)C(=O)NC(Cc1ccc(O)cc1)C(=O)NC(CCSC)C(=O)NC(CC(N)=O)C(=O)O. The van der Waals surface area contributed by atoms with Crippen LogP contribution in [0.15, 0.2) is 24.3 Å². The molecule has 12 nitrogen and oxygen atoms in total. The number of aromatic hydroxyl groups is 1. The number of phenols is 1. The Labute approximate surface area is 220 Å². The first-order valence-corrected chi connectivity index (χ1v) is 13.2. The number of benzene rings is 1. The Balaban J connectivity index is 3.14. The molecule has 0 aliphatic rings. The van der Waals surface area contributed by atoms with Crippen LogP contribution >= 0.6 is 11.8 Å². The zero-order valence-corrected chi connectivity index (χ0v) is 22.0. The van der Waals surface area contributed by atoms with Gasteiger partial charge in [0.15, 0.2) is 0 Å². The van der Waals surface area contributed by atoms with Gasteiger partial charge in [-0.1, -0.05) is 32.4 Å². The molecule has 0 aliphatic heterocycles. The van der Waals surface area contributed by atoms with E-state index in [1.807, 2.05) is 13.8 Å². The number of carbonyl (C=O) groups is 5. The molecule has 4 amide bonds. The van der Waals surface area contributed by atoms with Gasteiger partial charge in [-0.25, -0.2) is 4.79 Å². The molecule has 0 saturated carbocycles. The van der Waals surface area contributed by atoms with Crippen molar-refractivity contribution >= 4 is 41.4 Å². The number of hydrogen-bond donors (Lipinski definition) is 7. The number of carboxylic acid groups (broad SMARTS) is 1. The molecule has 0 aliphatic carbocycles. The summed E-state index contributed by atoms with van der Waals surface area (Å²) in [5.41, 5.74) is 11.7. The smallest absolute Gasteiger partial charge is 0.326 e. The van der Waals surface area contributed by atoms with E-state index in [0.717, 1.165) is 0 Å². The lowest BCUT2D eigenvalue weighted by molar-refractivity contribution is -0.143. The summed E-state index contributed by atoms with van der Waals surface area (Å²) in [6, 6.07) is 1.40. The van der Waals surface area contributed by atoms with Crippen LogP contribution in [0.3, 0.4) is 0 Å². The molecule has 0 spiro atoms. The van der Waals surface area contributed by atoms with E-state index in [9.17, 15) is 34.2 Å². The van der Waals surface area contributed by atoms with Crippen LogP contribution in [0.25, 0.3) is 0 Å². The van der Waals surface area contributed by atoms with Gasteiger partial charge in [-0.05, 0) is 42.0 Å². The number of thioether (sulfide) groups is 1. The van der Waals surface area contributed by atoms with Gasteiger partial charge < -0.3 is 37.6 Å². The number of carbonyl (C=O) groups excluding carboxylic acids is 4. The Morgan fingerprint density at radius 2 is 1.49 bits per heavy atom. The van der Waals surface area contributed by atoms with Gasteiger partial charge in [0.25, 0.3) is 0 Å². The first kappa shape index (κ1) is 31.7. The Bertz CT molecular complexity index is 944. The highest BCUT2D eigenvalue weighted by Crippen LogP contribution is 2.13. The van der Waals surface area contributed by atoms with Crippen molar-refractivity contribution in [2.75, 3.05) is 12.0 Å². The highest BCUT2D eigenvalue weighted by atomic mass is 32.2. The minimum atomic E-state index is -1.56. The van der Waals surface area contributed by atoms with Crippen LogP contribution in [-0.2, 0) is 30.4 Å². The van der Waals surface area contributed by atoms with Crippen molar-refractivity contribution in [1.29, 1.82) is 0 Å². The molecule has 0 heterocycles. The third-order valence-corrected chi connectivity index (χ3v) is 6.48. The Morgan fingerprint density at radius 3 is 2.00 bits per heavy atom. The monoisotopic (exact) mass is 539 g/mol. The minimum Gasteiger partial charge on any atom is -0.508 e. The van der Waals surface area contributed by atoms with E-state index in [-0.39, 0.29) is 24.5 Å². The number of phenolic OH excluding ortho intramolecular Hbond substituents is 1. The molecular weight excluding hydrogens is 502 g/mol. The number of hydrogen-bond acceptors (Lipinski definition) is 8. The molecule has 0 bridgehead atoms. The van der Waals surface area contributed by atoms with Crippen molar-refractivity contribution in [1.82, 2.24) is 16.0 Å². The quantitative estimate of drug-likeness (QED) is 0.144. The normalized spacial score (nSPS) is 14.9. The fraction of sp³-hybridized carbons (Fsp3) is 0.542. The van der Waals surface area contributed by atoms with Crippen molar-refractivity contribution in [2.24, 2.45) is 17.4 Å². The maximum Gasteiger partial charge on any atom is 0.326 e. The van der Waals surface area contributed by atoms with Gasteiger partial charge >= 0.3 is 5.97 Å². The molecule has 0 radical (unpaired) electrons.